The Morgan fingerprint density at radius 3 is 2.82 bits per heavy atom. The quantitative estimate of drug-likeness (QED) is 0.521. The molecule has 11 heavy (non-hydrogen) atoms. The third-order valence-corrected chi connectivity index (χ3v) is 1.15. The molecule has 0 spiro atoms. The molecule has 0 unspecified atom stereocenters. The lowest BCUT2D eigenvalue weighted by atomic mass is 10.3. The van der Waals surface area contributed by atoms with Crippen molar-refractivity contribution in [3.05, 3.63) is 24.0 Å². The Bertz CT molecular complexity index is 216. The van der Waals surface area contributed by atoms with Gasteiger partial charge in [-0.3, -0.25) is 0 Å². The van der Waals surface area contributed by atoms with Gasteiger partial charge >= 0.3 is 5.97 Å². The molecule has 0 fully saturated rings. The van der Waals surface area contributed by atoms with Crippen LogP contribution >= 0.6 is 0 Å². The molecule has 1 atom stereocenters. The number of esters is 1. The van der Waals surface area contributed by atoms with E-state index in [0.717, 1.165) is 0 Å². The number of carbonyl (C=O) groups excluding carboxylic acids is 1. The van der Waals surface area contributed by atoms with Crippen LogP contribution in [0.3, 0.4) is 0 Å². The molecule has 2 N–H and O–H groups in total. The second kappa shape index (κ2) is 3.32. The van der Waals surface area contributed by atoms with Gasteiger partial charge in [0, 0.05) is 6.08 Å². The zero-order chi connectivity index (χ0) is 8.27. The van der Waals surface area contributed by atoms with Gasteiger partial charge < -0.3 is 14.9 Å². The molecular formula is C7H8O4. The maximum atomic E-state index is 10.4. The molecule has 0 radical (unpaired) electrons. The topological polar surface area (TPSA) is 66.8 Å². The lowest BCUT2D eigenvalue weighted by Crippen LogP contribution is -2.08. The summed E-state index contributed by atoms with van der Waals surface area (Å²) in [5, 5.41) is 17.3. The van der Waals surface area contributed by atoms with Crippen molar-refractivity contribution in [2.24, 2.45) is 0 Å². The number of rotatable bonds is 2. The molecule has 0 aromatic rings. The minimum absolute atomic E-state index is 0.275. The van der Waals surface area contributed by atoms with Crippen LogP contribution in [0.25, 0.3) is 0 Å². The van der Waals surface area contributed by atoms with E-state index in [-0.39, 0.29) is 12.4 Å². The van der Waals surface area contributed by atoms with Crippen molar-refractivity contribution < 1.29 is 19.7 Å². The minimum atomic E-state index is -0.972. The van der Waals surface area contributed by atoms with Crippen LogP contribution in [0.1, 0.15) is 0 Å². The summed E-state index contributed by atoms with van der Waals surface area (Å²) in [6, 6.07) is 0. The van der Waals surface area contributed by atoms with Crippen LogP contribution in [0.2, 0.25) is 0 Å². The number of hydrogen-bond donors (Lipinski definition) is 2. The number of aliphatic hydroxyl groups excluding tert-OH is 2. The van der Waals surface area contributed by atoms with Gasteiger partial charge in [-0.2, -0.15) is 0 Å². The Morgan fingerprint density at radius 1 is 1.64 bits per heavy atom. The molecule has 60 valence electrons. The molecule has 4 heteroatoms. The summed E-state index contributed by atoms with van der Waals surface area (Å²) in [4.78, 5) is 10.4. The fraction of sp³-hybridized carbons (Fsp3) is 0.286. The first-order chi connectivity index (χ1) is 5.22. The highest BCUT2D eigenvalue weighted by molar-refractivity contribution is 5.86. The van der Waals surface area contributed by atoms with E-state index in [1.54, 1.807) is 0 Å². The Morgan fingerprint density at radius 2 is 2.36 bits per heavy atom. The van der Waals surface area contributed by atoms with E-state index in [1.165, 1.54) is 18.2 Å². The molecule has 0 amide bonds. The van der Waals surface area contributed by atoms with Crippen LogP contribution in [-0.2, 0) is 9.53 Å². The van der Waals surface area contributed by atoms with E-state index in [4.69, 9.17) is 10.2 Å². The summed E-state index contributed by atoms with van der Waals surface area (Å²) in [7, 11) is 0. The van der Waals surface area contributed by atoms with Gasteiger partial charge in [0.25, 0.3) is 0 Å². The lowest BCUT2D eigenvalue weighted by Gasteiger charge is -2.00. The fourth-order valence-corrected chi connectivity index (χ4v) is 0.666. The van der Waals surface area contributed by atoms with E-state index in [1.807, 2.05) is 0 Å². The van der Waals surface area contributed by atoms with Crippen LogP contribution < -0.4 is 0 Å². The Hall–Kier alpha value is -1.13. The molecule has 0 aliphatic carbocycles. The number of aliphatic hydroxyl groups is 2. The Balaban J connectivity index is 2.56. The predicted molar refractivity (Wildman–Crippen MR) is 36.4 cm³/mol. The van der Waals surface area contributed by atoms with Gasteiger partial charge in [0.1, 0.15) is 5.76 Å². The molecule has 1 heterocycles. The minimum Gasteiger partial charge on any atom is -0.424 e. The second-order valence-electron chi connectivity index (χ2n) is 2.07. The van der Waals surface area contributed by atoms with Crippen molar-refractivity contribution in [3.8, 4) is 0 Å². The van der Waals surface area contributed by atoms with E-state index in [9.17, 15) is 4.79 Å². The lowest BCUT2D eigenvalue weighted by molar-refractivity contribution is -0.132. The van der Waals surface area contributed by atoms with E-state index in [0.29, 0.717) is 0 Å². The SMILES string of the molecule is O=C1C=C/C(=C\[C@@H](O)CO)O1. The summed E-state index contributed by atoms with van der Waals surface area (Å²) in [5.74, 6) is -0.182. The van der Waals surface area contributed by atoms with E-state index >= 15 is 0 Å². The Labute approximate surface area is 63.4 Å². The monoisotopic (exact) mass is 156 g/mol. The van der Waals surface area contributed by atoms with Crippen LogP contribution in [0.5, 0.6) is 0 Å². The van der Waals surface area contributed by atoms with E-state index in [2.05, 4.69) is 4.74 Å². The van der Waals surface area contributed by atoms with Gasteiger partial charge in [-0.1, -0.05) is 0 Å². The zero-order valence-electron chi connectivity index (χ0n) is 5.73. The highest BCUT2D eigenvalue weighted by Crippen LogP contribution is 2.09. The number of ether oxygens (including phenoxy) is 1. The maximum absolute atomic E-state index is 10.4. The van der Waals surface area contributed by atoms with Crippen LogP contribution in [0.15, 0.2) is 24.0 Å². The molecule has 1 aliphatic heterocycles. The van der Waals surface area contributed by atoms with Gasteiger partial charge in [0.2, 0.25) is 0 Å². The standard InChI is InChI=1S/C7H8O4/c8-4-5(9)3-6-1-2-7(10)11-6/h1-3,5,8-9H,4H2/b6-3+/t5-/m1/s1. The molecule has 0 saturated carbocycles. The average molecular weight is 156 g/mol. The second-order valence-corrected chi connectivity index (χ2v) is 2.07. The average Bonchev–Trinajstić information content (AvgIpc) is 2.35. The van der Waals surface area contributed by atoms with Gasteiger partial charge in [-0.25, -0.2) is 4.79 Å². The summed E-state index contributed by atoms with van der Waals surface area (Å²) in [6.45, 7) is -0.380. The molecule has 0 aromatic carbocycles. The van der Waals surface area contributed by atoms with Crippen LogP contribution in [-0.4, -0.2) is 28.9 Å². The van der Waals surface area contributed by atoms with Gasteiger partial charge in [0.15, 0.2) is 0 Å². The van der Waals surface area contributed by atoms with E-state index < -0.39 is 12.1 Å². The highest BCUT2D eigenvalue weighted by Gasteiger charge is 2.10. The first kappa shape index (κ1) is 7.97. The molecule has 1 aliphatic rings. The van der Waals surface area contributed by atoms with Crippen molar-refractivity contribution >= 4 is 5.97 Å². The smallest absolute Gasteiger partial charge is 0.336 e. The molecule has 0 saturated heterocycles. The maximum Gasteiger partial charge on any atom is 0.336 e. The molecular weight excluding hydrogens is 148 g/mol. The Kier molecular flexibility index (Phi) is 2.40. The van der Waals surface area contributed by atoms with Crippen molar-refractivity contribution in [1.29, 1.82) is 0 Å². The molecule has 0 bridgehead atoms. The predicted octanol–water partition coefficient (Wildman–Crippen LogP) is -0.664. The normalized spacial score (nSPS) is 22.4. The third kappa shape index (κ3) is 2.18. The third-order valence-electron chi connectivity index (χ3n) is 1.15. The van der Waals surface area contributed by atoms with Gasteiger partial charge in [0.05, 0.1) is 12.7 Å². The van der Waals surface area contributed by atoms with Crippen LogP contribution in [0.4, 0.5) is 0 Å². The van der Waals surface area contributed by atoms with Crippen molar-refractivity contribution in [3.63, 3.8) is 0 Å². The van der Waals surface area contributed by atoms with Crippen molar-refractivity contribution in [1.82, 2.24) is 0 Å². The number of allylic oxidation sites excluding steroid dienone is 1. The highest BCUT2D eigenvalue weighted by atomic mass is 16.5. The number of cyclic esters (lactones) is 1. The summed E-state index contributed by atoms with van der Waals surface area (Å²) >= 11 is 0. The summed E-state index contributed by atoms with van der Waals surface area (Å²) in [5.41, 5.74) is 0. The summed E-state index contributed by atoms with van der Waals surface area (Å²) < 4.78 is 4.57. The zero-order valence-corrected chi connectivity index (χ0v) is 5.73. The molecule has 0 aromatic heterocycles. The first-order valence-electron chi connectivity index (χ1n) is 3.13. The number of hydrogen-bond acceptors (Lipinski definition) is 4. The van der Waals surface area contributed by atoms with Gasteiger partial charge in [-0.15, -0.1) is 0 Å². The first-order valence-corrected chi connectivity index (χ1v) is 3.13. The molecule has 1 rings (SSSR count). The van der Waals surface area contributed by atoms with Gasteiger partial charge in [-0.05, 0) is 12.2 Å². The fourth-order valence-electron chi connectivity index (χ4n) is 0.666. The van der Waals surface area contributed by atoms with Crippen molar-refractivity contribution in [2.75, 3.05) is 6.61 Å². The molecule has 4 nitrogen and oxygen atoms in total. The summed E-state index contributed by atoms with van der Waals surface area (Å²) in [6.07, 6.45) is 2.97. The van der Waals surface area contributed by atoms with Crippen molar-refractivity contribution in [2.45, 2.75) is 6.10 Å². The largest absolute Gasteiger partial charge is 0.424 e. The van der Waals surface area contributed by atoms with Crippen LogP contribution in [0, 0.1) is 0 Å². The number of carbonyl (C=O) groups is 1.